The van der Waals surface area contributed by atoms with Crippen molar-refractivity contribution in [3.63, 3.8) is 0 Å². The molecule has 0 fully saturated rings. The van der Waals surface area contributed by atoms with E-state index in [2.05, 4.69) is 60.5 Å². The lowest BCUT2D eigenvalue weighted by molar-refractivity contribution is -0.130. The van der Waals surface area contributed by atoms with Gasteiger partial charge in [-0.05, 0) is 69.2 Å². The predicted molar refractivity (Wildman–Crippen MR) is 177 cm³/mol. The van der Waals surface area contributed by atoms with E-state index in [-0.39, 0.29) is 24.8 Å². The molecule has 1 aliphatic heterocycles. The van der Waals surface area contributed by atoms with E-state index in [1.807, 2.05) is 45.3 Å². The minimum atomic E-state index is -0.900. The topological polar surface area (TPSA) is 109 Å². The van der Waals surface area contributed by atoms with E-state index in [0.29, 0.717) is 23.5 Å². The van der Waals surface area contributed by atoms with Crippen molar-refractivity contribution in [1.29, 1.82) is 0 Å². The molecule has 2 unspecified atom stereocenters. The summed E-state index contributed by atoms with van der Waals surface area (Å²) in [5.41, 5.74) is 1.28. The third-order valence-electron chi connectivity index (χ3n) is 5.32. The van der Waals surface area contributed by atoms with E-state index < -0.39 is 23.5 Å². The second kappa shape index (κ2) is 21.0. The van der Waals surface area contributed by atoms with Gasteiger partial charge >= 0.3 is 0 Å². The Morgan fingerprint density at radius 2 is 1.88 bits per heavy atom. The second-order valence-corrected chi connectivity index (χ2v) is 10.8. The van der Waals surface area contributed by atoms with Crippen LogP contribution in [0.15, 0.2) is 110 Å². The average Bonchev–Trinajstić information content (AvgIpc) is 2.92. The van der Waals surface area contributed by atoms with E-state index in [1.54, 1.807) is 30.4 Å². The van der Waals surface area contributed by atoms with Crippen LogP contribution in [-0.2, 0) is 19.1 Å². The largest absolute Gasteiger partial charge is 0.458 e. The molecule has 0 spiro atoms. The minimum absolute atomic E-state index is 0.129. The third kappa shape index (κ3) is 17.8. The molecule has 0 aromatic heterocycles. The van der Waals surface area contributed by atoms with Crippen LogP contribution in [0, 0.1) is 0 Å². The maximum Gasteiger partial charge on any atom is 0.243 e. The fourth-order valence-electron chi connectivity index (χ4n) is 3.33. The first-order chi connectivity index (χ1) is 19.8. The van der Waals surface area contributed by atoms with Gasteiger partial charge in [0.15, 0.2) is 0 Å². The number of ether oxygens (including phenoxy) is 1. The number of hydrogen-bond donors (Lipinski definition) is 4. The summed E-state index contributed by atoms with van der Waals surface area (Å²) in [5, 5.41) is 8.18. The number of carbonyl (C=O) groups is 3. The molecular formula is C33H48N4O4S. The third-order valence-corrected chi connectivity index (χ3v) is 5.84. The summed E-state index contributed by atoms with van der Waals surface area (Å²) < 4.78 is 8.70. The fourth-order valence-corrected chi connectivity index (χ4v) is 3.82. The Morgan fingerprint density at radius 3 is 2.40 bits per heavy atom. The highest BCUT2D eigenvalue weighted by atomic mass is 32.2. The fraction of sp³-hybridized carbons (Fsp3) is 0.364. The van der Waals surface area contributed by atoms with Crippen molar-refractivity contribution in [2.75, 3.05) is 12.8 Å². The van der Waals surface area contributed by atoms with Crippen molar-refractivity contribution >= 4 is 29.7 Å². The van der Waals surface area contributed by atoms with Gasteiger partial charge < -0.3 is 20.7 Å². The Labute approximate surface area is 256 Å². The number of nitrogens with one attached hydrogen (secondary N) is 4. The van der Waals surface area contributed by atoms with Crippen LogP contribution in [0.3, 0.4) is 0 Å². The van der Waals surface area contributed by atoms with E-state index in [1.165, 1.54) is 23.6 Å². The van der Waals surface area contributed by atoms with Crippen LogP contribution >= 0.6 is 11.9 Å². The van der Waals surface area contributed by atoms with E-state index >= 15 is 0 Å². The van der Waals surface area contributed by atoms with Crippen molar-refractivity contribution < 1.29 is 19.1 Å². The summed E-state index contributed by atoms with van der Waals surface area (Å²) in [7, 11) is 0. The first-order valence-corrected chi connectivity index (χ1v) is 14.9. The molecule has 8 nitrogen and oxygen atoms in total. The highest BCUT2D eigenvalue weighted by Crippen LogP contribution is 2.15. The maximum absolute atomic E-state index is 12.9. The molecule has 0 aromatic carbocycles. The lowest BCUT2D eigenvalue weighted by Crippen LogP contribution is -2.54. The van der Waals surface area contributed by atoms with Crippen LogP contribution in [0.2, 0.25) is 0 Å². The van der Waals surface area contributed by atoms with Gasteiger partial charge in [-0.2, -0.15) is 0 Å². The van der Waals surface area contributed by atoms with Crippen LogP contribution in [0.4, 0.5) is 0 Å². The van der Waals surface area contributed by atoms with Gasteiger partial charge in [-0.3, -0.25) is 19.1 Å². The Bertz CT molecular complexity index is 1110. The quantitative estimate of drug-likeness (QED) is 0.229. The molecule has 0 bridgehead atoms. The molecule has 42 heavy (non-hydrogen) atoms. The first-order valence-electron chi connectivity index (χ1n) is 13.6. The highest BCUT2D eigenvalue weighted by Gasteiger charge is 2.25. The van der Waals surface area contributed by atoms with Gasteiger partial charge in [0.05, 0.1) is 12.6 Å². The number of amides is 3. The van der Waals surface area contributed by atoms with Crippen LogP contribution < -0.4 is 20.7 Å². The second-order valence-electron chi connectivity index (χ2n) is 10.2. The smallest absolute Gasteiger partial charge is 0.243 e. The monoisotopic (exact) mass is 596 g/mol. The SMILES string of the molecule is C=C/C1=C\C(=C)CC(C(=O)NC(C)(C)C)NC(=O)CNC(=O)C(NSC)C/C=C/C=C\C(=C)O1.C=C/C=C(\C=C)CC. The van der Waals surface area contributed by atoms with E-state index in [0.717, 1.165) is 6.42 Å². The Balaban J connectivity index is 0.00000183. The highest BCUT2D eigenvalue weighted by molar-refractivity contribution is 7.96. The lowest BCUT2D eigenvalue weighted by Gasteiger charge is -2.26. The lowest BCUT2D eigenvalue weighted by atomic mass is 10.0. The zero-order chi connectivity index (χ0) is 32.1. The Kier molecular flexibility index (Phi) is 19.1. The molecule has 4 N–H and O–H groups in total. The number of carbonyl (C=O) groups excluding carboxylic acids is 3. The van der Waals surface area contributed by atoms with Crippen LogP contribution in [0.25, 0.3) is 0 Å². The van der Waals surface area contributed by atoms with E-state index in [9.17, 15) is 14.4 Å². The van der Waals surface area contributed by atoms with Gasteiger partial charge in [-0.1, -0.05) is 88.2 Å². The first kappa shape index (κ1) is 38.2. The van der Waals surface area contributed by atoms with Crippen LogP contribution in [0.1, 0.15) is 47.0 Å². The van der Waals surface area contributed by atoms with Crippen molar-refractivity contribution in [2.24, 2.45) is 0 Å². The average molecular weight is 597 g/mol. The minimum Gasteiger partial charge on any atom is -0.458 e. The van der Waals surface area contributed by atoms with Crippen molar-refractivity contribution in [3.8, 4) is 0 Å². The normalized spacial score (nSPS) is 22.1. The molecule has 1 heterocycles. The Hall–Kier alpha value is -3.82. The van der Waals surface area contributed by atoms with Gasteiger partial charge in [-0.25, -0.2) is 0 Å². The predicted octanol–water partition coefficient (Wildman–Crippen LogP) is 5.50. The van der Waals surface area contributed by atoms with Crippen LogP contribution in [0.5, 0.6) is 0 Å². The van der Waals surface area contributed by atoms with Gasteiger partial charge in [-0.15, -0.1) is 0 Å². The molecule has 1 rings (SSSR count). The molecule has 3 amide bonds. The van der Waals surface area contributed by atoms with Gasteiger partial charge in [0.1, 0.15) is 17.6 Å². The molecular weight excluding hydrogens is 548 g/mol. The molecule has 0 aromatic rings. The molecule has 0 saturated carbocycles. The summed E-state index contributed by atoms with van der Waals surface area (Å²) in [4.78, 5) is 38.0. The number of rotatable bonds is 7. The molecule has 230 valence electrons. The van der Waals surface area contributed by atoms with Crippen LogP contribution in [-0.4, -0.2) is 48.1 Å². The summed E-state index contributed by atoms with van der Waals surface area (Å²) in [6.45, 7) is 26.2. The van der Waals surface area contributed by atoms with Gasteiger partial charge in [0, 0.05) is 12.0 Å². The van der Waals surface area contributed by atoms with Crippen molar-refractivity contribution in [3.05, 3.63) is 110 Å². The summed E-state index contributed by atoms with van der Waals surface area (Å²) in [6.07, 6.45) is 19.1. The number of allylic oxidation sites excluding steroid dienone is 9. The standard InChI is InChI=1S/C25H36N4O4S.C8H12/c1-8-19-14-17(2)15-21(24(32)28-25(4,5)6)27-22(30)16-26-23(31)20(29-34-7)13-11-9-10-12-18(3)33-19;1-4-7-8(5-2)6-3/h8-12,14,20-21,29H,1-3,13,15-16H2,4-7H3,(H,26,31)(H,27,30)(H,28,32);4-5,7H,1-2,6H2,3H3/b11-9+,12-10-,19-14+;8-7+. The van der Waals surface area contributed by atoms with Gasteiger partial charge in [0.2, 0.25) is 17.7 Å². The molecule has 9 heteroatoms. The van der Waals surface area contributed by atoms with Crippen molar-refractivity contribution in [1.82, 2.24) is 20.7 Å². The van der Waals surface area contributed by atoms with Gasteiger partial charge in [0.25, 0.3) is 0 Å². The summed E-state index contributed by atoms with van der Waals surface area (Å²) in [6, 6.07) is -1.44. The summed E-state index contributed by atoms with van der Waals surface area (Å²) >= 11 is 1.31. The number of hydrogen-bond acceptors (Lipinski definition) is 6. The zero-order valence-corrected chi connectivity index (χ0v) is 26.6. The molecule has 1 aliphatic rings. The Morgan fingerprint density at radius 1 is 1.19 bits per heavy atom. The molecule has 0 aliphatic carbocycles. The molecule has 2 atom stereocenters. The molecule has 0 saturated heterocycles. The van der Waals surface area contributed by atoms with Crippen molar-refractivity contribution in [2.45, 2.75) is 64.6 Å². The maximum atomic E-state index is 12.9. The zero-order valence-electron chi connectivity index (χ0n) is 25.8. The molecule has 0 radical (unpaired) electrons. The summed E-state index contributed by atoms with van der Waals surface area (Å²) in [5.74, 6) is -0.406. The van der Waals surface area contributed by atoms with E-state index in [4.69, 9.17) is 4.74 Å².